The van der Waals surface area contributed by atoms with Crippen LogP contribution >= 0.6 is 0 Å². The minimum absolute atomic E-state index is 0. The molecule has 8 nitrogen and oxygen atoms in total. The fourth-order valence-electron chi connectivity index (χ4n) is 5.10. The number of nitrogens with zero attached hydrogens (tertiary/aromatic N) is 2. The van der Waals surface area contributed by atoms with Crippen LogP contribution in [0.25, 0.3) is 44.9 Å². The van der Waals surface area contributed by atoms with Crippen LogP contribution in [0.2, 0.25) is 0 Å². The average Bonchev–Trinajstić information content (AvgIpc) is 3.53. The maximum atomic E-state index is 11.3. The third-order valence-electron chi connectivity index (χ3n) is 7.24. The van der Waals surface area contributed by atoms with Gasteiger partial charge in [-0.25, -0.2) is 9.97 Å². The number of aromatic amines is 2. The van der Waals surface area contributed by atoms with Crippen molar-refractivity contribution >= 4 is 56.8 Å². The van der Waals surface area contributed by atoms with Gasteiger partial charge in [-0.1, -0.05) is 0 Å². The largest absolute Gasteiger partial charge is 2.00 e. The number of carbonyl (C=O) groups is 2. The van der Waals surface area contributed by atoms with Crippen LogP contribution in [-0.2, 0) is 33.1 Å². The molecule has 5 heterocycles. The Labute approximate surface area is 236 Å². The van der Waals surface area contributed by atoms with Crippen molar-refractivity contribution in [3.05, 3.63) is 69.8 Å². The molecule has 8 bridgehead atoms. The number of allylic oxidation sites excluding steroid dienone is 3. The molecule has 0 aromatic carbocycles. The smallest absolute Gasteiger partial charge is 0.550 e. The summed E-state index contributed by atoms with van der Waals surface area (Å²) < 4.78 is 0. The van der Waals surface area contributed by atoms with Gasteiger partial charge in [-0.2, -0.15) is 0 Å². The summed E-state index contributed by atoms with van der Waals surface area (Å²) >= 11 is 0. The topological polar surface area (TPSA) is 138 Å². The van der Waals surface area contributed by atoms with Gasteiger partial charge in [0.25, 0.3) is 0 Å². The quantitative estimate of drug-likeness (QED) is 0.433. The second-order valence-corrected chi connectivity index (χ2v) is 9.93. The fourth-order valence-corrected chi connectivity index (χ4v) is 5.10. The van der Waals surface area contributed by atoms with Gasteiger partial charge in [-0.3, -0.25) is 0 Å². The molecule has 0 unspecified atom stereocenters. The van der Waals surface area contributed by atoms with Crippen molar-refractivity contribution in [3.63, 3.8) is 0 Å². The fraction of sp³-hybridized carbons (Fsp3) is 0.267. The molecule has 203 valence electrons. The Morgan fingerprint density at radius 2 is 1.46 bits per heavy atom. The van der Waals surface area contributed by atoms with Crippen LogP contribution in [0.15, 0.2) is 30.3 Å². The maximum absolute atomic E-state index is 11.3. The van der Waals surface area contributed by atoms with E-state index in [1.54, 1.807) is 0 Å². The van der Waals surface area contributed by atoms with Gasteiger partial charge in [0, 0.05) is 34.0 Å². The summed E-state index contributed by atoms with van der Waals surface area (Å²) in [4.78, 5) is 39.2. The van der Waals surface area contributed by atoms with Gasteiger partial charge in [0.1, 0.15) is 0 Å². The monoisotopic (exact) mass is 571 g/mol. The van der Waals surface area contributed by atoms with Gasteiger partial charge < -0.3 is 29.8 Å². The van der Waals surface area contributed by atoms with E-state index in [9.17, 15) is 19.8 Å². The molecule has 0 spiro atoms. The molecule has 0 fully saturated rings. The third-order valence-corrected chi connectivity index (χ3v) is 7.24. The number of nitrogens with one attached hydrogen (secondary N) is 2. The van der Waals surface area contributed by atoms with E-state index in [4.69, 9.17) is 9.97 Å². The molecule has 2 N–H and O–H groups in total. The molecule has 3 aromatic rings. The van der Waals surface area contributed by atoms with Crippen molar-refractivity contribution in [3.8, 4) is 0 Å². The van der Waals surface area contributed by atoms with Crippen LogP contribution in [0, 0.1) is 13.8 Å². The molecule has 39 heavy (non-hydrogen) atoms. The van der Waals surface area contributed by atoms with E-state index in [-0.39, 0.29) is 42.8 Å². The number of H-pyrrole nitrogens is 2. The second-order valence-electron chi connectivity index (χ2n) is 9.93. The van der Waals surface area contributed by atoms with Crippen molar-refractivity contribution in [1.82, 2.24) is 19.9 Å². The number of carboxylic acids is 2. The van der Waals surface area contributed by atoms with E-state index in [1.165, 1.54) is 0 Å². The van der Waals surface area contributed by atoms with E-state index in [0.29, 0.717) is 5.69 Å². The Bertz CT molecular complexity index is 1730. The van der Waals surface area contributed by atoms with Crippen LogP contribution in [0.3, 0.4) is 0 Å². The number of carboxylic acid groups (broad SMARTS) is 2. The summed E-state index contributed by atoms with van der Waals surface area (Å²) in [7, 11) is 0. The van der Waals surface area contributed by atoms with Gasteiger partial charge in [-0.05, 0) is 123 Å². The molecule has 2 aliphatic rings. The number of rotatable bonds is 6. The number of carbonyl (C=O) groups excluding carboxylic acids is 2. The predicted molar refractivity (Wildman–Crippen MR) is 144 cm³/mol. The first-order chi connectivity index (χ1) is 18.1. The number of aryl methyl sites for hydroxylation is 3. The van der Waals surface area contributed by atoms with E-state index >= 15 is 0 Å². The zero-order valence-electron chi connectivity index (χ0n) is 22.1. The van der Waals surface area contributed by atoms with Crippen molar-refractivity contribution in [1.29, 1.82) is 0 Å². The van der Waals surface area contributed by atoms with Gasteiger partial charge in [0.2, 0.25) is 0 Å². The molecular weight excluding hydrogens is 544 g/mol. The number of hydrogen-bond acceptors (Lipinski definition) is 6. The molecular formula is C30H28CuN4O4. The Hall–Kier alpha value is -3.94. The first kappa shape index (κ1) is 28.1. The van der Waals surface area contributed by atoms with Crippen LogP contribution in [-0.4, -0.2) is 31.9 Å². The maximum Gasteiger partial charge on any atom is 2.00 e. The van der Waals surface area contributed by atoms with Crippen molar-refractivity contribution in [2.24, 2.45) is 0 Å². The third kappa shape index (κ3) is 5.75. The zero-order chi connectivity index (χ0) is 27.1. The molecule has 5 rings (SSSR count). The summed E-state index contributed by atoms with van der Waals surface area (Å²) in [6, 6.07) is 9.88. The summed E-state index contributed by atoms with van der Waals surface area (Å²) in [6.45, 7) is 7.93. The predicted octanol–water partition coefficient (Wildman–Crippen LogP) is 3.63. The summed E-state index contributed by atoms with van der Waals surface area (Å²) in [5, 5.41) is 22.6. The number of aliphatic carboxylic acids is 2. The summed E-state index contributed by atoms with van der Waals surface area (Å²) in [5.74, 6) is -2.25. The molecule has 0 saturated carbocycles. The molecule has 0 atom stereocenters. The first-order valence-electron chi connectivity index (χ1n) is 12.6. The number of hydrogen-bond donors (Lipinski definition) is 2. The second kappa shape index (κ2) is 11.0. The van der Waals surface area contributed by atoms with Crippen LogP contribution < -0.4 is 10.2 Å². The van der Waals surface area contributed by atoms with Crippen molar-refractivity contribution in [2.75, 3.05) is 0 Å². The van der Waals surface area contributed by atoms with Crippen LogP contribution in [0.4, 0.5) is 0 Å². The zero-order valence-corrected chi connectivity index (χ0v) is 23.1. The number of aromatic nitrogens is 4. The molecule has 0 amide bonds. The van der Waals surface area contributed by atoms with E-state index < -0.39 is 11.9 Å². The van der Waals surface area contributed by atoms with E-state index in [1.807, 2.05) is 58.0 Å². The molecule has 0 aliphatic carbocycles. The SMILES string of the molecule is CC1=Cc2cc3[nH]c(cc4nc(cc5[nH]c(cc1n2)cc5C)C(C)=C4CCC(=O)[O-])c(CCC(=O)[O-])c3C.[Cu+2]. The van der Waals surface area contributed by atoms with Crippen molar-refractivity contribution < 1.29 is 36.9 Å². The standard InChI is InChI=1S/C30H30N4O4.Cu/c1-15-9-20-12-25-17(3)21(5-7-29(35)36)27(33-25)14-28-22(6-8-30(37)38)18(4)26(34-28)13-24-16(2)10-19(32-24)11-23(15)31-20;/h9-14,32-33H,5-8H2,1-4H3,(H,35,36)(H,37,38);/q;+2/p-2. The van der Waals surface area contributed by atoms with Gasteiger partial charge in [0.05, 0.1) is 22.8 Å². The Morgan fingerprint density at radius 3 is 2.18 bits per heavy atom. The van der Waals surface area contributed by atoms with Crippen LogP contribution in [0.1, 0.15) is 72.6 Å². The Kier molecular flexibility index (Phi) is 7.95. The van der Waals surface area contributed by atoms with Crippen LogP contribution in [0.5, 0.6) is 0 Å². The van der Waals surface area contributed by atoms with Gasteiger partial charge in [0.15, 0.2) is 0 Å². The molecule has 3 aromatic heterocycles. The summed E-state index contributed by atoms with van der Waals surface area (Å²) in [5.41, 5.74) is 12.0. The average molecular weight is 572 g/mol. The minimum Gasteiger partial charge on any atom is -0.550 e. The normalized spacial score (nSPS) is 12.8. The van der Waals surface area contributed by atoms with Crippen molar-refractivity contribution in [2.45, 2.75) is 53.4 Å². The van der Waals surface area contributed by atoms with Gasteiger partial charge in [-0.15, -0.1) is 0 Å². The Balaban J connectivity index is 0.00000353. The molecule has 1 radical (unpaired) electrons. The first-order valence-corrected chi connectivity index (χ1v) is 12.6. The molecule has 0 saturated heterocycles. The van der Waals surface area contributed by atoms with Gasteiger partial charge >= 0.3 is 17.1 Å². The number of fused-ring (bicyclic) bond motifs is 8. The Morgan fingerprint density at radius 1 is 0.769 bits per heavy atom. The van der Waals surface area contributed by atoms with E-state index in [2.05, 4.69) is 16.0 Å². The minimum atomic E-state index is -1.13. The molecule has 9 heteroatoms. The molecule has 2 aliphatic heterocycles. The van der Waals surface area contributed by atoms with E-state index in [0.717, 1.165) is 72.6 Å². The summed E-state index contributed by atoms with van der Waals surface area (Å²) in [6.07, 6.45) is 2.33.